The van der Waals surface area contributed by atoms with Crippen LogP contribution < -0.4 is 15.8 Å². The van der Waals surface area contributed by atoms with Gasteiger partial charge in [0.2, 0.25) is 5.91 Å². The van der Waals surface area contributed by atoms with Crippen molar-refractivity contribution in [3.8, 4) is 5.75 Å². The Morgan fingerprint density at radius 3 is 2.65 bits per heavy atom. The van der Waals surface area contributed by atoms with Crippen LogP contribution in [-0.4, -0.2) is 26.7 Å². The van der Waals surface area contributed by atoms with Gasteiger partial charge >= 0.3 is 0 Å². The minimum atomic E-state index is -0.273. The minimum absolute atomic E-state index is 0.0605. The number of benzene rings is 1. The summed E-state index contributed by atoms with van der Waals surface area (Å²) in [5, 5.41) is 2.96. The molecule has 1 aromatic rings. The molecule has 1 aliphatic rings. The molecule has 0 unspecified atom stereocenters. The van der Waals surface area contributed by atoms with E-state index in [1.807, 2.05) is 0 Å². The van der Waals surface area contributed by atoms with Gasteiger partial charge in [0.15, 0.2) is 0 Å². The van der Waals surface area contributed by atoms with Crippen LogP contribution in [0.15, 0.2) is 18.2 Å². The molecule has 0 bridgehead atoms. The topological polar surface area (TPSA) is 73.6 Å². The Balaban J connectivity index is 2.05. The van der Waals surface area contributed by atoms with Crippen molar-refractivity contribution in [2.45, 2.75) is 25.7 Å². The maximum Gasteiger partial charge on any atom is 0.230 e. The van der Waals surface area contributed by atoms with E-state index in [9.17, 15) is 4.79 Å². The summed E-state index contributed by atoms with van der Waals surface area (Å²) in [7, 11) is 3.23. The monoisotopic (exact) mass is 278 g/mol. The molecule has 0 atom stereocenters. The van der Waals surface area contributed by atoms with Gasteiger partial charge in [-0.3, -0.25) is 4.79 Å². The fourth-order valence-electron chi connectivity index (χ4n) is 2.57. The first kappa shape index (κ1) is 14.7. The van der Waals surface area contributed by atoms with Crippen LogP contribution in [0.4, 0.5) is 11.4 Å². The molecule has 3 N–H and O–H groups in total. The summed E-state index contributed by atoms with van der Waals surface area (Å²) in [5.74, 6) is 0.672. The lowest BCUT2D eigenvalue weighted by atomic mass is 9.66. The fraction of sp³-hybridized carbons (Fsp3) is 0.533. The number of nitrogens with one attached hydrogen (secondary N) is 1. The van der Waals surface area contributed by atoms with E-state index >= 15 is 0 Å². The first-order chi connectivity index (χ1) is 9.61. The number of ether oxygens (including phenoxy) is 2. The molecule has 1 saturated carbocycles. The number of methoxy groups -OCH3 is 2. The second kappa shape index (κ2) is 6.13. The molecule has 20 heavy (non-hydrogen) atoms. The maximum absolute atomic E-state index is 12.4. The molecule has 0 aliphatic heterocycles. The molecular weight excluding hydrogens is 256 g/mol. The summed E-state index contributed by atoms with van der Waals surface area (Å²) < 4.78 is 10.2. The maximum atomic E-state index is 12.4. The summed E-state index contributed by atoms with van der Waals surface area (Å²) in [6, 6.07) is 5.28. The Hall–Kier alpha value is -1.75. The third-order valence-electron chi connectivity index (χ3n) is 4.06. The van der Waals surface area contributed by atoms with E-state index in [2.05, 4.69) is 5.32 Å². The van der Waals surface area contributed by atoms with Gasteiger partial charge in [-0.25, -0.2) is 0 Å². The number of hydrogen-bond acceptors (Lipinski definition) is 4. The Morgan fingerprint density at radius 2 is 2.15 bits per heavy atom. The van der Waals surface area contributed by atoms with Crippen molar-refractivity contribution in [2.75, 3.05) is 31.9 Å². The number of nitrogen functional groups attached to an aromatic ring is 1. The molecule has 5 nitrogen and oxygen atoms in total. The molecule has 110 valence electrons. The van der Waals surface area contributed by atoms with Gasteiger partial charge in [0.05, 0.1) is 18.2 Å². The number of amides is 1. The van der Waals surface area contributed by atoms with Gasteiger partial charge in [0.1, 0.15) is 5.75 Å². The molecule has 0 saturated heterocycles. The molecule has 1 fully saturated rings. The van der Waals surface area contributed by atoms with Crippen LogP contribution in [0.25, 0.3) is 0 Å². The highest BCUT2D eigenvalue weighted by atomic mass is 16.5. The molecule has 2 rings (SSSR count). The molecule has 5 heteroatoms. The second-order valence-corrected chi connectivity index (χ2v) is 5.29. The zero-order chi connectivity index (χ0) is 14.6. The predicted octanol–water partition coefficient (Wildman–Crippen LogP) is 2.42. The molecular formula is C15H22N2O3. The highest BCUT2D eigenvalue weighted by Crippen LogP contribution is 2.45. The SMILES string of the molecule is COCCC1(C(=O)Nc2ccc(OC)c(N)c2)CCC1. The first-order valence-electron chi connectivity index (χ1n) is 6.85. The third kappa shape index (κ3) is 2.88. The summed E-state index contributed by atoms with van der Waals surface area (Å²) in [6.45, 7) is 0.609. The van der Waals surface area contributed by atoms with Crippen LogP contribution >= 0.6 is 0 Å². The number of carbonyl (C=O) groups is 1. The van der Waals surface area contributed by atoms with Crippen LogP contribution in [0.5, 0.6) is 5.75 Å². The molecule has 0 heterocycles. The highest BCUT2D eigenvalue weighted by Gasteiger charge is 2.43. The van der Waals surface area contributed by atoms with Gasteiger partial charge in [-0.05, 0) is 37.5 Å². The lowest BCUT2D eigenvalue weighted by molar-refractivity contribution is -0.131. The standard InChI is InChI=1S/C15H22N2O3/c1-19-9-8-15(6-3-7-15)14(18)17-11-4-5-13(20-2)12(16)10-11/h4-5,10H,3,6-9,16H2,1-2H3,(H,17,18). The van der Waals surface area contributed by atoms with Crippen molar-refractivity contribution in [2.24, 2.45) is 5.41 Å². The van der Waals surface area contributed by atoms with E-state index in [1.54, 1.807) is 32.4 Å². The smallest absolute Gasteiger partial charge is 0.230 e. The molecule has 0 aromatic heterocycles. The van der Waals surface area contributed by atoms with Gasteiger partial charge in [-0.15, -0.1) is 0 Å². The zero-order valence-electron chi connectivity index (χ0n) is 12.1. The largest absolute Gasteiger partial charge is 0.495 e. The Bertz CT molecular complexity index is 484. The zero-order valence-corrected chi connectivity index (χ0v) is 12.1. The van der Waals surface area contributed by atoms with Crippen LogP contribution in [-0.2, 0) is 9.53 Å². The average molecular weight is 278 g/mol. The average Bonchev–Trinajstić information content (AvgIpc) is 2.38. The van der Waals surface area contributed by atoms with Gasteiger partial charge in [-0.1, -0.05) is 6.42 Å². The van der Waals surface area contributed by atoms with E-state index in [0.717, 1.165) is 25.7 Å². The Morgan fingerprint density at radius 1 is 1.40 bits per heavy atom. The van der Waals surface area contributed by atoms with Gasteiger partial charge in [0.25, 0.3) is 0 Å². The van der Waals surface area contributed by atoms with E-state index in [4.69, 9.17) is 15.2 Å². The molecule has 0 spiro atoms. The van der Waals surface area contributed by atoms with Crippen molar-refractivity contribution < 1.29 is 14.3 Å². The lowest BCUT2D eigenvalue weighted by Gasteiger charge is -2.40. The second-order valence-electron chi connectivity index (χ2n) is 5.29. The van der Waals surface area contributed by atoms with Crippen molar-refractivity contribution >= 4 is 17.3 Å². The summed E-state index contributed by atoms with van der Waals surface area (Å²) in [5.41, 5.74) is 6.80. The van der Waals surface area contributed by atoms with Gasteiger partial charge in [-0.2, -0.15) is 0 Å². The molecule has 0 radical (unpaired) electrons. The van der Waals surface area contributed by atoms with Crippen molar-refractivity contribution in [1.82, 2.24) is 0 Å². The Labute approximate surface area is 119 Å². The van der Waals surface area contributed by atoms with E-state index in [-0.39, 0.29) is 11.3 Å². The minimum Gasteiger partial charge on any atom is -0.495 e. The van der Waals surface area contributed by atoms with E-state index in [0.29, 0.717) is 23.7 Å². The predicted molar refractivity (Wildman–Crippen MR) is 78.8 cm³/mol. The fourth-order valence-corrected chi connectivity index (χ4v) is 2.57. The van der Waals surface area contributed by atoms with Crippen LogP contribution in [0.1, 0.15) is 25.7 Å². The number of nitrogens with two attached hydrogens (primary N) is 1. The number of carbonyl (C=O) groups excluding carboxylic acids is 1. The molecule has 1 aromatic carbocycles. The Kier molecular flexibility index (Phi) is 4.49. The van der Waals surface area contributed by atoms with Gasteiger partial charge < -0.3 is 20.5 Å². The summed E-state index contributed by atoms with van der Waals surface area (Å²) in [6.07, 6.45) is 3.71. The number of hydrogen-bond donors (Lipinski definition) is 2. The van der Waals surface area contributed by atoms with E-state index < -0.39 is 0 Å². The summed E-state index contributed by atoms with van der Waals surface area (Å²) in [4.78, 5) is 12.4. The normalized spacial score (nSPS) is 16.3. The van der Waals surface area contributed by atoms with E-state index in [1.165, 1.54) is 0 Å². The van der Waals surface area contributed by atoms with Crippen molar-refractivity contribution in [1.29, 1.82) is 0 Å². The first-order valence-corrected chi connectivity index (χ1v) is 6.85. The highest BCUT2D eigenvalue weighted by molar-refractivity contribution is 5.96. The van der Waals surface area contributed by atoms with Crippen molar-refractivity contribution in [3.63, 3.8) is 0 Å². The quantitative estimate of drug-likeness (QED) is 0.784. The van der Waals surface area contributed by atoms with Crippen LogP contribution in [0, 0.1) is 5.41 Å². The summed E-state index contributed by atoms with van der Waals surface area (Å²) >= 11 is 0. The third-order valence-corrected chi connectivity index (χ3v) is 4.06. The van der Waals surface area contributed by atoms with Crippen LogP contribution in [0.3, 0.4) is 0 Å². The van der Waals surface area contributed by atoms with Crippen molar-refractivity contribution in [3.05, 3.63) is 18.2 Å². The molecule has 1 amide bonds. The number of anilines is 2. The lowest BCUT2D eigenvalue weighted by Crippen LogP contribution is -2.42. The van der Waals surface area contributed by atoms with Crippen LogP contribution in [0.2, 0.25) is 0 Å². The van der Waals surface area contributed by atoms with Gasteiger partial charge in [0, 0.05) is 19.4 Å². The number of rotatable bonds is 6. The molecule has 1 aliphatic carbocycles.